The first-order valence-corrected chi connectivity index (χ1v) is 12.1. The third kappa shape index (κ3) is 3.97. The molecule has 1 saturated carbocycles. The standard InChI is InChI=1S/C26H25ClFN5O/c1-14-9-22-25(30-15(14)2)24(20-6-3-18(27)11-21(20)28)32-26(31-22)16-7-8-34-23(10-16)17-12-29-33(13-17)19-4-5-19/h3,6,9,11-13,16,19,23H,4-5,7-8,10H2,1-2H3/t16-,23+/m1/s1. The minimum absolute atomic E-state index is 0.0563. The highest BCUT2D eigenvalue weighted by atomic mass is 35.5. The third-order valence-corrected chi connectivity index (χ3v) is 7.12. The van der Waals surface area contributed by atoms with E-state index in [4.69, 9.17) is 31.3 Å². The summed E-state index contributed by atoms with van der Waals surface area (Å²) in [5.41, 5.74) is 5.21. The summed E-state index contributed by atoms with van der Waals surface area (Å²) in [7, 11) is 0. The lowest BCUT2D eigenvalue weighted by molar-refractivity contribution is 0.00397. The van der Waals surface area contributed by atoms with Gasteiger partial charge in [0.15, 0.2) is 0 Å². The number of hydrogen-bond donors (Lipinski definition) is 0. The largest absolute Gasteiger partial charge is 0.373 e. The molecule has 174 valence electrons. The highest BCUT2D eigenvalue weighted by Crippen LogP contribution is 2.40. The monoisotopic (exact) mass is 477 g/mol. The van der Waals surface area contributed by atoms with Gasteiger partial charge in [0.1, 0.15) is 22.9 Å². The second-order valence-corrected chi connectivity index (χ2v) is 9.82. The lowest BCUT2D eigenvalue weighted by atomic mass is 9.92. The first kappa shape index (κ1) is 21.6. The van der Waals surface area contributed by atoms with E-state index in [2.05, 4.69) is 11.3 Å². The van der Waals surface area contributed by atoms with Crippen molar-refractivity contribution in [1.29, 1.82) is 0 Å². The molecule has 6 nitrogen and oxygen atoms in total. The van der Waals surface area contributed by atoms with Crippen LogP contribution in [-0.4, -0.2) is 31.3 Å². The van der Waals surface area contributed by atoms with Crippen molar-refractivity contribution in [2.45, 2.75) is 57.6 Å². The van der Waals surface area contributed by atoms with E-state index in [1.807, 2.05) is 30.8 Å². The molecule has 4 heterocycles. The Hall–Kier alpha value is -2.90. The molecule has 6 rings (SSSR count). The molecule has 8 heteroatoms. The summed E-state index contributed by atoms with van der Waals surface area (Å²) >= 11 is 6.01. The first-order valence-electron chi connectivity index (χ1n) is 11.7. The number of pyridine rings is 1. The van der Waals surface area contributed by atoms with Crippen LogP contribution in [0.2, 0.25) is 5.02 Å². The quantitative estimate of drug-likeness (QED) is 0.346. The molecule has 0 radical (unpaired) electrons. The van der Waals surface area contributed by atoms with E-state index in [1.165, 1.54) is 18.9 Å². The summed E-state index contributed by atoms with van der Waals surface area (Å²) in [6, 6.07) is 7.20. The molecule has 0 bridgehead atoms. The summed E-state index contributed by atoms with van der Waals surface area (Å²) in [6.07, 6.45) is 7.91. The average Bonchev–Trinajstić information content (AvgIpc) is 3.56. The van der Waals surface area contributed by atoms with Gasteiger partial charge >= 0.3 is 0 Å². The maximum atomic E-state index is 15.0. The molecule has 3 aromatic heterocycles. The lowest BCUT2D eigenvalue weighted by Gasteiger charge is -2.28. The van der Waals surface area contributed by atoms with E-state index in [-0.39, 0.29) is 12.0 Å². The lowest BCUT2D eigenvalue weighted by Crippen LogP contribution is -2.20. The molecule has 1 aromatic carbocycles. The molecular weight excluding hydrogens is 453 g/mol. The second-order valence-electron chi connectivity index (χ2n) is 9.38. The number of hydrogen-bond acceptors (Lipinski definition) is 5. The van der Waals surface area contributed by atoms with Gasteiger partial charge in [0, 0.05) is 40.6 Å². The number of halogens is 2. The zero-order valence-electron chi connectivity index (χ0n) is 19.1. The molecule has 1 aliphatic carbocycles. The van der Waals surface area contributed by atoms with Gasteiger partial charge in [0.25, 0.3) is 0 Å². The Morgan fingerprint density at radius 2 is 1.94 bits per heavy atom. The van der Waals surface area contributed by atoms with Crippen molar-refractivity contribution < 1.29 is 9.13 Å². The fourth-order valence-electron chi connectivity index (χ4n) is 4.64. The van der Waals surface area contributed by atoms with Crippen molar-refractivity contribution >= 4 is 22.6 Å². The molecule has 1 saturated heterocycles. The van der Waals surface area contributed by atoms with Crippen LogP contribution in [0.4, 0.5) is 4.39 Å². The van der Waals surface area contributed by atoms with E-state index in [0.29, 0.717) is 40.3 Å². The number of rotatable bonds is 4. The van der Waals surface area contributed by atoms with Crippen LogP contribution in [0, 0.1) is 19.7 Å². The predicted molar refractivity (Wildman–Crippen MR) is 128 cm³/mol. The summed E-state index contributed by atoms with van der Waals surface area (Å²) in [5, 5.41) is 4.87. The van der Waals surface area contributed by atoms with Crippen LogP contribution >= 0.6 is 11.6 Å². The molecular formula is C26H25ClFN5O. The third-order valence-electron chi connectivity index (χ3n) is 6.88. The number of aryl methyl sites for hydroxylation is 2. The van der Waals surface area contributed by atoms with Crippen molar-refractivity contribution in [3.8, 4) is 11.3 Å². The van der Waals surface area contributed by atoms with Crippen LogP contribution in [0.5, 0.6) is 0 Å². The molecule has 2 aliphatic rings. The van der Waals surface area contributed by atoms with E-state index < -0.39 is 5.82 Å². The molecule has 2 fully saturated rings. The summed E-state index contributed by atoms with van der Waals surface area (Å²) in [6.45, 7) is 4.56. The maximum absolute atomic E-state index is 15.0. The van der Waals surface area contributed by atoms with E-state index in [0.717, 1.165) is 35.2 Å². The van der Waals surface area contributed by atoms with Crippen LogP contribution in [-0.2, 0) is 4.74 Å². The Labute approximate surface area is 202 Å². The van der Waals surface area contributed by atoms with E-state index in [9.17, 15) is 4.39 Å². The Morgan fingerprint density at radius 1 is 1.09 bits per heavy atom. The van der Waals surface area contributed by atoms with Gasteiger partial charge in [-0.25, -0.2) is 19.3 Å². The van der Waals surface area contributed by atoms with Gasteiger partial charge < -0.3 is 4.74 Å². The van der Waals surface area contributed by atoms with Crippen molar-refractivity contribution in [3.63, 3.8) is 0 Å². The van der Waals surface area contributed by atoms with E-state index in [1.54, 1.807) is 12.1 Å². The van der Waals surface area contributed by atoms with Crippen LogP contribution in [0.1, 0.15) is 66.4 Å². The van der Waals surface area contributed by atoms with Gasteiger partial charge in [-0.1, -0.05) is 11.6 Å². The minimum atomic E-state index is -0.421. The summed E-state index contributed by atoms with van der Waals surface area (Å²) < 4.78 is 23.1. The second kappa shape index (κ2) is 8.40. The number of nitrogens with zero attached hydrogens (tertiary/aromatic N) is 5. The molecule has 4 aromatic rings. The van der Waals surface area contributed by atoms with Gasteiger partial charge in [0.2, 0.25) is 0 Å². The zero-order chi connectivity index (χ0) is 23.4. The molecule has 34 heavy (non-hydrogen) atoms. The average molecular weight is 478 g/mol. The van der Waals surface area contributed by atoms with Crippen LogP contribution in [0.25, 0.3) is 22.3 Å². The molecule has 1 aliphatic heterocycles. The normalized spacial score (nSPS) is 20.7. The molecule has 0 N–H and O–H groups in total. The van der Waals surface area contributed by atoms with Gasteiger partial charge in [-0.15, -0.1) is 0 Å². The Bertz CT molecular complexity index is 1400. The van der Waals surface area contributed by atoms with Gasteiger partial charge in [-0.3, -0.25) is 4.68 Å². The maximum Gasteiger partial charge on any atom is 0.134 e. The Balaban J connectivity index is 1.41. The number of ether oxygens (including phenoxy) is 1. The van der Waals surface area contributed by atoms with Crippen molar-refractivity contribution in [1.82, 2.24) is 24.7 Å². The number of aromatic nitrogens is 5. The predicted octanol–water partition coefficient (Wildman–Crippen LogP) is 6.27. The van der Waals surface area contributed by atoms with Crippen molar-refractivity contribution in [2.24, 2.45) is 0 Å². The molecule has 2 atom stereocenters. The topological polar surface area (TPSA) is 65.7 Å². The van der Waals surface area contributed by atoms with Crippen LogP contribution in [0.3, 0.4) is 0 Å². The van der Waals surface area contributed by atoms with Gasteiger partial charge in [0.05, 0.1) is 23.9 Å². The Morgan fingerprint density at radius 3 is 2.74 bits per heavy atom. The molecule has 0 unspecified atom stereocenters. The van der Waals surface area contributed by atoms with Crippen LogP contribution < -0.4 is 0 Å². The SMILES string of the molecule is Cc1cc2nc([C@@H]3CCO[C@H](c4cnn(C5CC5)c4)C3)nc(-c3ccc(Cl)cc3F)c2nc1C. The minimum Gasteiger partial charge on any atom is -0.373 e. The smallest absolute Gasteiger partial charge is 0.134 e. The highest BCUT2D eigenvalue weighted by molar-refractivity contribution is 6.30. The van der Waals surface area contributed by atoms with Gasteiger partial charge in [-0.05, 0) is 69.4 Å². The summed E-state index contributed by atoms with van der Waals surface area (Å²) in [5.74, 6) is 0.365. The van der Waals surface area contributed by atoms with E-state index >= 15 is 0 Å². The molecule has 0 amide bonds. The van der Waals surface area contributed by atoms with Crippen LogP contribution in [0.15, 0.2) is 36.7 Å². The fraction of sp³-hybridized carbons (Fsp3) is 0.385. The van der Waals surface area contributed by atoms with Gasteiger partial charge in [-0.2, -0.15) is 5.10 Å². The van der Waals surface area contributed by atoms with Crippen molar-refractivity contribution in [3.05, 3.63) is 70.1 Å². The molecule has 0 spiro atoms. The highest BCUT2D eigenvalue weighted by Gasteiger charge is 2.31. The fourth-order valence-corrected chi connectivity index (χ4v) is 4.80. The number of fused-ring (bicyclic) bond motifs is 1. The van der Waals surface area contributed by atoms with Crippen molar-refractivity contribution in [2.75, 3.05) is 6.61 Å². The zero-order valence-corrected chi connectivity index (χ0v) is 19.9. The first-order chi connectivity index (χ1) is 16.5. The Kier molecular flexibility index (Phi) is 5.34. The summed E-state index contributed by atoms with van der Waals surface area (Å²) in [4.78, 5) is 14.5. The number of benzene rings is 1.